The summed E-state index contributed by atoms with van der Waals surface area (Å²) in [6.45, 7) is 5.92. The van der Waals surface area contributed by atoms with Crippen molar-refractivity contribution in [3.8, 4) is 0 Å². The number of nitro benzene ring substituents is 1. The van der Waals surface area contributed by atoms with Crippen molar-refractivity contribution in [2.75, 3.05) is 18.0 Å². The van der Waals surface area contributed by atoms with Gasteiger partial charge < -0.3 is 4.90 Å². The summed E-state index contributed by atoms with van der Waals surface area (Å²) in [5.74, 6) is 1.35. The Morgan fingerprint density at radius 3 is 2.46 bits per heavy atom. The Hall–Kier alpha value is -1.67. The molecule has 1 saturated heterocycles. The lowest BCUT2D eigenvalue weighted by Gasteiger charge is -2.33. The molecule has 0 bridgehead atoms. The van der Waals surface area contributed by atoms with E-state index in [2.05, 4.69) is 13.8 Å². The highest BCUT2D eigenvalue weighted by Gasteiger charge is 2.26. The van der Waals surface area contributed by atoms with E-state index in [9.17, 15) is 18.5 Å². The standard InChI is InChI=1S/C16H25N3O4S/c1-12(2)3-4-13-7-9-18(10-8-13)15-6-5-14(24(17,22)23)11-16(15)19(20)21/h5-6,11-13H,3-4,7-10H2,1-2H3,(H2,17,22,23). The number of rotatable bonds is 6. The molecule has 134 valence electrons. The molecule has 2 N–H and O–H groups in total. The summed E-state index contributed by atoms with van der Waals surface area (Å²) < 4.78 is 22.8. The molecule has 1 aromatic rings. The van der Waals surface area contributed by atoms with Crippen molar-refractivity contribution < 1.29 is 13.3 Å². The molecule has 8 heteroatoms. The van der Waals surface area contributed by atoms with Crippen LogP contribution < -0.4 is 10.0 Å². The third-order valence-electron chi connectivity index (χ3n) is 4.58. The zero-order valence-corrected chi connectivity index (χ0v) is 15.0. The van der Waals surface area contributed by atoms with Crippen molar-refractivity contribution in [2.24, 2.45) is 17.0 Å². The van der Waals surface area contributed by atoms with Crippen LogP contribution in [-0.2, 0) is 10.0 Å². The highest BCUT2D eigenvalue weighted by atomic mass is 32.2. The molecule has 0 radical (unpaired) electrons. The summed E-state index contributed by atoms with van der Waals surface area (Å²) in [7, 11) is -3.95. The lowest BCUT2D eigenvalue weighted by molar-refractivity contribution is -0.384. The van der Waals surface area contributed by atoms with Gasteiger partial charge in [0.15, 0.2) is 0 Å². The number of hydrogen-bond acceptors (Lipinski definition) is 5. The van der Waals surface area contributed by atoms with Crippen LogP contribution in [-0.4, -0.2) is 26.4 Å². The summed E-state index contributed by atoms with van der Waals surface area (Å²) in [6, 6.07) is 3.88. The fourth-order valence-electron chi connectivity index (χ4n) is 3.13. The van der Waals surface area contributed by atoms with Crippen molar-refractivity contribution in [3.63, 3.8) is 0 Å². The predicted molar refractivity (Wildman–Crippen MR) is 93.5 cm³/mol. The number of hydrogen-bond donors (Lipinski definition) is 1. The van der Waals surface area contributed by atoms with Crippen LogP contribution in [0.15, 0.2) is 23.1 Å². The molecule has 0 unspecified atom stereocenters. The first-order chi connectivity index (χ1) is 11.2. The van der Waals surface area contributed by atoms with E-state index < -0.39 is 14.9 Å². The zero-order chi connectivity index (χ0) is 17.9. The Bertz CT molecular complexity index is 695. The van der Waals surface area contributed by atoms with Crippen LogP contribution in [0.4, 0.5) is 11.4 Å². The van der Waals surface area contributed by atoms with E-state index in [4.69, 9.17) is 5.14 Å². The molecule has 1 aliphatic rings. The lowest BCUT2D eigenvalue weighted by atomic mass is 9.89. The van der Waals surface area contributed by atoms with Gasteiger partial charge in [-0.3, -0.25) is 10.1 Å². The molecule has 1 aromatic carbocycles. The van der Waals surface area contributed by atoms with Crippen molar-refractivity contribution in [1.29, 1.82) is 0 Å². The molecule has 24 heavy (non-hydrogen) atoms. The first-order valence-corrected chi connectivity index (χ1v) is 9.79. The Morgan fingerprint density at radius 2 is 1.96 bits per heavy atom. The molecule has 1 aliphatic heterocycles. The number of anilines is 1. The minimum Gasteiger partial charge on any atom is -0.366 e. The summed E-state index contributed by atoms with van der Waals surface area (Å²) >= 11 is 0. The van der Waals surface area contributed by atoms with Crippen LogP contribution in [0.2, 0.25) is 0 Å². The summed E-state index contributed by atoms with van der Waals surface area (Å²) in [6.07, 6.45) is 4.40. The molecule has 1 heterocycles. The summed E-state index contributed by atoms with van der Waals surface area (Å²) in [5, 5.41) is 16.4. The molecule has 0 spiro atoms. The average molecular weight is 355 g/mol. The van der Waals surface area contributed by atoms with E-state index in [1.807, 2.05) is 4.90 Å². The van der Waals surface area contributed by atoms with E-state index >= 15 is 0 Å². The van der Waals surface area contributed by atoms with Crippen LogP contribution in [0, 0.1) is 22.0 Å². The normalized spacial score (nSPS) is 16.6. The highest BCUT2D eigenvalue weighted by molar-refractivity contribution is 7.89. The van der Waals surface area contributed by atoms with E-state index in [1.165, 1.54) is 25.0 Å². The fourth-order valence-corrected chi connectivity index (χ4v) is 3.66. The van der Waals surface area contributed by atoms with Crippen LogP contribution in [0.1, 0.15) is 39.5 Å². The third kappa shape index (κ3) is 4.67. The number of piperidine rings is 1. The second-order valence-corrected chi connectivity index (χ2v) is 8.42. The van der Waals surface area contributed by atoms with Gasteiger partial charge in [-0.1, -0.05) is 26.7 Å². The van der Waals surface area contributed by atoms with Crippen LogP contribution >= 0.6 is 0 Å². The van der Waals surface area contributed by atoms with Crippen LogP contribution in [0.5, 0.6) is 0 Å². The number of benzene rings is 1. The lowest BCUT2D eigenvalue weighted by Crippen LogP contribution is -2.34. The molecule has 0 aliphatic carbocycles. The SMILES string of the molecule is CC(C)CCC1CCN(c2ccc(S(N)(=O)=O)cc2[N+](=O)[O-])CC1. The molecular formula is C16H25N3O4S. The van der Waals surface area contributed by atoms with E-state index in [0.717, 1.165) is 32.0 Å². The Morgan fingerprint density at radius 1 is 1.33 bits per heavy atom. The van der Waals surface area contributed by atoms with Gasteiger partial charge in [-0.05, 0) is 36.8 Å². The minimum absolute atomic E-state index is 0.206. The predicted octanol–water partition coefficient (Wildman–Crippen LogP) is 2.89. The van der Waals surface area contributed by atoms with Crippen molar-refractivity contribution in [1.82, 2.24) is 0 Å². The van der Waals surface area contributed by atoms with Gasteiger partial charge in [-0.2, -0.15) is 0 Å². The molecule has 0 saturated carbocycles. The Labute approximate surface area is 143 Å². The highest BCUT2D eigenvalue weighted by Crippen LogP contribution is 2.34. The van der Waals surface area contributed by atoms with E-state index in [0.29, 0.717) is 17.5 Å². The topological polar surface area (TPSA) is 107 Å². The van der Waals surface area contributed by atoms with Gasteiger partial charge >= 0.3 is 0 Å². The Balaban J connectivity index is 2.14. The maximum Gasteiger partial charge on any atom is 0.293 e. The van der Waals surface area contributed by atoms with Gasteiger partial charge in [-0.15, -0.1) is 0 Å². The summed E-state index contributed by atoms with van der Waals surface area (Å²) in [4.78, 5) is 12.5. The maximum atomic E-state index is 11.4. The molecule has 7 nitrogen and oxygen atoms in total. The number of sulfonamides is 1. The van der Waals surface area contributed by atoms with Crippen LogP contribution in [0.25, 0.3) is 0 Å². The van der Waals surface area contributed by atoms with Gasteiger partial charge in [0.05, 0.1) is 9.82 Å². The monoisotopic (exact) mass is 355 g/mol. The third-order valence-corrected chi connectivity index (χ3v) is 5.49. The minimum atomic E-state index is -3.95. The molecule has 1 fully saturated rings. The molecule has 0 amide bonds. The van der Waals surface area contributed by atoms with Gasteiger partial charge in [-0.25, -0.2) is 13.6 Å². The largest absolute Gasteiger partial charge is 0.366 e. The molecule has 2 rings (SSSR count). The molecule has 0 atom stereocenters. The maximum absolute atomic E-state index is 11.4. The van der Waals surface area contributed by atoms with Crippen molar-refractivity contribution >= 4 is 21.4 Å². The number of nitrogens with two attached hydrogens (primary N) is 1. The smallest absolute Gasteiger partial charge is 0.293 e. The van der Waals surface area contributed by atoms with Gasteiger partial charge in [0, 0.05) is 19.2 Å². The number of primary sulfonamides is 1. The van der Waals surface area contributed by atoms with Crippen molar-refractivity contribution in [3.05, 3.63) is 28.3 Å². The quantitative estimate of drug-likeness (QED) is 0.624. The van der Waals surface area contributed by atoms with E-state index in [1.54, 1.807) is 0 Å². The first kappa shape index (κ1) is 18.7. The fraction of sp³-hybridized carbons (Fsp3) is 0.625. The molecule has 0 aromatic heterocycles. The Kier molecular flexibility index (Phi) is 5.82. The van der Waals surface area contributed by atoms with Gasteiger partial charge in [0.1, 0.15) is 5.69 Å². The van der Waals surface area contributed by atoms with Gasteiger partial charge in [0.2, 0.25) is 10.0 Å². The van der Waals surface area contributed by atoms with Crippen LogP contribution in [0.3, 0.4) is 0 Å². The average Bonchev–Trinajstić information content (AvgIpc) is 2.52. The zero-order valence-electron chi connectivity index (χ0n) is 14.1. The van der Waals surface area contributed by atoms with Gasteiger partial charge in [0.25, 0.3) is 5.69 Å². The number of nitrogens with zero attached hydrogens (tertiary/aromatic N) is 2. The van der Waals surface area contributed by atoms with Crippen molar-refractivity contribution in [2.45, 2.75) is 44.4 Å². The second kappa shape index (κ2) is 7.48. The first-order valence-electron chi connectivity index (χ1n) is 8.24. The summed E-state index contributed by atoms with van der Waals surface area (Å²) in [5.41, 5.74) is 0.261. The van der Waals surface area contributed by atoms with E-state index in [-0.39, 0.29) is 10.6 Å². The molecular weight excluding hydrogens is 330 g/mol. The second-order valence-electron chi connectivity index (χ2n) is 6.85. The number of nitro groups is 1.